The molecule has 102 valence electrons. The number of halogens is 1. The fourth-order valence-corrected chi connectivity index (χ4v) is 2.67. The molecule has 0 radical (unpaired) electrons. The number of aromatic amines is 1. The third-order valence-electron chi connectivity index (χ3n) is 3.63. The molecule has 2 aromatic heterocycles. The van der Waals surface area contributed by atoms with Gasteiger partial charge in [-0.25, -0.2) is 0 Å². The minimum absolute atomic E-state index is 0.211. The molecule has 0 aromatic carbocycles. The van der Waals surface area contributed by atoms with Crippen LogP contribution in [0.1, 0.15) is 26.2 Å². The van der Waals surface area contributed by atoms with Crippen molar-refractivity contribution in [3.05, 3.63) is 11.5 Å². The minimum atomic E-state index is -0.596. The van der Waals surface area contributed by atoms with Crippen molar-refractivity contribution in [3.63, 3.8) is 0 Å². The van der Waals surface area contributed by atoms with Crippen molar-refractivity contribution in [2.75, 3.05) is 18.0 Å². The van der Waals surface area contributed by atoms with Gasteiger partial charge in [0.05, 0.1) is 17.2 Å². The van der Waals surface area contributed by atoms with E-state index in [1.807, 2.05) is 6.92 Å². The van der Waals surface area contributed by atoms with Crippen LogP contribution in [0, 0.1) is 0 Å². The average molecular weight is 282 g/mol. The van der Waals surface area contributed by atoms with Gasteiger partial charge in [-0.05, 0) is 37.8 Å². The van der Waals surface area contributed by atoms with E-state index in [4.69, 9.17) is 11.6 Å². The van der Waals surface area contributed by atoms with Gasteiger partial charge in [-0.2, -0.15) is 15.1 Å². The normalized spacial score (nSPS) is 24.7. The summed E-state index contributed by atoms with van der Waals surface area (Å²) in [4.78, 5) is 10.6. The monoisotopic (exact) mass is 281 g/mol. The second-order valence-corrected chi connectivity index (χ2v) is 5.62. The molecule has 7 heteroatoms. The van der Waals surface area contributed by atoms with Crippen molar-refractivity contribution < 1.29 is 5.11 Å². The smallest absolute Gasteiger partial charge is 0.226 e. The van der Waals surface area contributed by atoms with Crippen molar-refractivity contribution in [3.8, 4) is 0 Å². The number of fused-ring (bicyclic) bond motifs is 1. The van der Waals surface area contributed by atoms with E-state index in [1.54, 1.807) is 6.20 Å². The summed E-state index contributed by atoms with van der Waals surface area (Å²) in [5, 5.41) is 18.0. The van der Waals surface area contributed by atoms with Gasteiger partial charge in [0.2, 0.25) is 5.28 Å². The Bertz CT molecular complexity index is 597. The Labute approximate surface area is 115 Å². The van der Waals surface area contributed by atoms with E-state index in [-0.39, 0.29) is 5.28 Å². The van der Waals surface area contributed by atoms with Crippen molar-refractivity contribution in [2.24, 2.45) is 0 Å². The summed E-state index contributed by atoms with van der Waals surface area (Å²) in [6.07, 6.45) is 4.16. The van der Waals surface area contributed by atoms with Gasteiger partial charge in [0.1, 0.15) is 5.82 Å². The summed E-state index contributed by atoms with van der Waals surface area (Å²) in [5.41, 5.74) is 0.0483. The quantitative estimate of drug-likeness (QED) is 0.779. The number of hydrogen-bond acceptors (Lipinski definition) is 5. The summed E-state index contributed by atoms with van der Waals surface area (Å²) in [6.45, 7) is 3.49. The van der Waals surface area contributed by atoms with E-state index >= 15 is 0 Å². The molecule has 1 aliphatic rings. The topological polar surface area (TPSA) is 77.9 Å². The van der Waals surface area contributed by atoms with Gasteiger partial charge < -0.3 is 10.0 Å². The molecular weight excluding hydrogens is 266 g/mol. The van der Waals surface area contributed by atoms with Gasteiger partial charge in [-0.15, -0.1) is 0 Å². The molecule has 1 fully saturated rings. The highest BCUT2D eigenvalue weighted by atomic mass is 35.5. The van der Waals surface area contributed by atoms with Gasteiger partial charge in [-0.3, -0.25) is 5.10 Å². The van der Waals surface area contributed by atoms with Crippen LogP contribution in [0.3, 0.4) is 0 Å². The van der Waals surface area contributed by atoms with Crippen LogP contribution in [0.4, 0.5) is 5.82 Å². The molecule has 3 rings (SSSR count). The number of anilines is 1. The van der Waals surface area contributed by atoms with Gasteiger partial charge in [0, 0.05) is 13.1 Å². The lowest BCUT2D eigenvalue weighted by Crippen LogP contribution is -2.29. The molecule has 1 aliphatic heterocycles. The summed E-state index contributed by atoms with van der Waals surface area (Å²) in [5.74, 6) is 0.793. The molecule has 0 aliphatic carbocycles. The Balaban J connectivity index is 1.97. The third kappa shape index (κ3) is 2.50. The first-order valence-corrected chi connectivity index (χ1v) is 6.77. The Morgan fingerprint density at radius 1 is 1.37 bits per heavy atom. The molecule has 1 saturated heterocycles. The Morgan fingerprint density at radius 3 is 3.05 bits per heavy atom. The molecular formula is C12H16ClN5O. The fraction of sp³-hybridized carbons (Fsp3) is 0.583. The molecule has 2 N–H and O–H groups in total. The van der Waals surface area contributed by atoms with Crippen LogP contribution in [0.5, 0.6) is 0 Å². The van der Waals surface area contributed by atoms with Crippen LogP contribution in [-0.4, -0.2) is 44.0 Å². The predicted octanol–water partition coefficient (Wildman–Crippen LogP) is 1.75. The van der Waals surface area contributed by atoms with Gasteiger partial charge in [0.15, 0.2) is 5.65 Å². The van der Waals surface area contributed by atoms with Crippen LogP contribution in [0.15, 0.2) is 6.20 Å². The van der Waals surface area contributed by atoms with Crippen molar-refractivity contribution in [1.82, 2.24) is 20.2 Å². The van der Waals surface area contributed by atoms with Crippen molar-refractivity contribution >= 4 is 28.5 Å². The summed E-state index contributed by atoms with van der Waals surface area (Å²) >= 11 is 5.95. The maximum absolute atomic E-state index is 10.1. The maximum atomic E-state index is 10.1. The molecule has 3 heterocycles. The van der Waals surface area contributed by atoms with Crippen LogP contribution in [0.2, 0.25) is 5.28 Å². The number of aliphatic hydroxyl groups is 1. The zero-order valence-electron chi connectivity index (χ0n) is 10.7. The number of nitrogens with one attached hydrogen (secondary N) is 1. The third-order valence-corrected chi connectivity index (χ3v) is 3.79. The largest absolute Gasteiger partial charge is 0.390 e. The van der Waals surface area contributed by atoms with E-state index in [2.05, 4.69) is 25.1 Å². The SMILES string of the molecule is CC1(O)CCCN(c2nc(Cl)nc3[nH]ncc23)CC1. The molecule has 0 spiro atoms. The Morgan fingerprint density at radius 2 is 2.21 bits per heavy atom. The second-order valence-electron chi connectivity index (χ2n) is 5.29. The Hall–Kier alpha value is -1.40. The lowest BCUT2D eigenvalue weighted by atomic mass is 9.98. The second kappa shape index (κ2) is 4.61. The zero-order valence-corrected chi connectivity index (χ0v) is 11.5. The summed E-state index contributed by atoms with van der Waals surface area (Å²) in [6, 6.07) is 0. The van der Waals surface area contributed by atoms with Crippen molar-refractivity contribution in [2.45, 2.75) is 31.8 Å². The first-order valence-electron chi connectivity index (χ1n) is 6.39. The molecule has 1 atom stereocenters. The number of hydrogen-bond donors (Lipinski definition) is 2. The van der Waals surface area contributed by atoms with E-state index in [0.717, 1.165) is 37.1 Å². The molecule has 1 unspecified atom stereocenters. The molecule has 0 saturated carbocycles. The molecule has 19 heavy (non-hydrogen) atoms. The fourth-order valence-electron chi connectivity index (χ4n) is 2.51. The Kier molecular flexibility index (Phi) is 3.06. The first-order chi connectivity index (χ1) is 9.05. The number of nitrogens with zero attached hydrogens (tertiary/aromatic N) is 4. The van der Waals surface area contributed by atoms with E-state index < -0.39 is 5.60 Å². The first kappa shape index (κ1) is 12.6. The average Bonchev–Trinajstić information content (AvgIpc) is 2.72. The standard InChI is InChI=1S/C12H16ClN5O/c1-12(19)3-2-5-18(6-4-12)10-8-7-14-17-9(8)15-11(13)16-10/h7,19H,2-6H2,1H3,(H,14,15,16,17). The van der Waals surface area contributed by atoms with Crippen LogP contribution >= 0.6 is 11.6 Å². The van der Waals surface area contributed by atoms with Gasteiger partial charge in [0.25, 0.3) is 0 Å². The maximum Gasteiger partial charge on any atom is 0.226 e. The minimum Gasteiger partial charge on any atom is -0.390 e. The summed E-state index contributed by atoms with van der Waals surface area (Å²) < 4.78 is 0. The summed E-state index contributed by atoms with van der Waals surface area (Å²) in [7, 11) is 0. The number of rotatable bonds is 1. The van der Waals surface area contributed by atoms with E-state index in [9.17, 15) is 5.11 Å². The molecule has 6 nitrogen and oxygen atoms in total. The highest BCUT2D eigenvalue weighted by Crippen LogP contribution is 2.28. The molecule has 0 bridgehead atoms. The lowest BCUT2D eigenvalue weighted by molar-refractivity contribution is 0.0481. The van der Waals surface area contributed by atoms with Gasteiger partial charge >= 0.3 is 0 Å². The molecule has 2 aromatic rings. The molecule has 0 amide bonds. The predicted molar refractivity (Wildman–Crippen MR) is 73.4 cm³/mol. The van der Waals surface area contributed by atoms with E-state index in [0.29, 0.717) is 12.1 Å². The van der Waals surface area contributed by atoms with Crippen LogP contribution in [-0.2, 0) is 0 Å². The highest BCUT2D eigenvalue weighted by Gasteiger charge is 2.26. The zero-order chi connectivity index (χ0) is 13.5. The highest BCUT2D eigenvalue weighted by molar-refractivity contribution is 6.28. The van der Waals surface area contributed by atoms with Crippen molar-refractivity contribution in [1.29, 1.82) is 0 Å². The van der Waals surface area contributed by atoms with Crippen LogP contribution in [0.25, 0.3) is 11.0 Å². The van der Waals surface area contributed by atoms with Gasteiger partial charge in [-0.1, -0.05) is 0 Å². The number of aromatic nitrogens is 4. The van der Waals surface area contributed by atoms with Crippen LogP contribution < -0.4 is 4.90 Å². The lowest BCUT2D eigenvalue weighted by Gasteiger charge is -2.23. The number of H-pyrrole nitrogens is 1. The van der Waals surface area contributed by atoms with E-state index in [1.165, 1.54) is 0 Å².